The molecule has 0 aliphatic heterocycles. The van der Waals surface area contributed by atoms with E-state index in [1.165, 1.54) is 6.20 Å². The third kappa shape index (κ3) is 2.84. The number of nitrogen functional groups attached to an aromatic ring is 1. The fourth-order valence-electron chi connectivity index (χ4n) is 2.00. The zero-order valence-electron chi connectivity index (χ0n) is 11.3. The number of anilines is 2. The number of nitrogens with zero attached hydrogens (tertiary/aromatic N) is 3. The SMILES string of the molecule is CC(c1cccc(Cl)c1)N(C)c1ncc(C#N)cc1N. The Morgan fingerprint density at radius 3 is 2.75 bits per heavy atom. The van der Waals surface area contributed by atoms with Crippen molar-refractivity contribution >= 4 is 23.1 Å². The van der Waals surface area contributed by atoms with Gasteiger partial charge in [0.15, 0.2) is 5.82 Å². The van der Waals surface area contributed by atoms with Crippen molar-refractivity contribution in [2.24, 2.45) is 0 Å². The largest absolute Gasteiger partial charge is 0.396 e. The number of hydrogen-bond acceptors (Lipinski definition) is 4. The van der Waals surface area contributed by atoms with Crippen molar-refractivity contribution < 1.29 is 0 Å². The lowest BCUT2D eigenvalue weighted by Gasteiger charge is -2.27. The maximum absolute atomic E-state index is 8.84. The van der Waals surface area contributed by atoms with E-state index in [0.717, 1.165) is 5.56 Å². The van der Waals surface area contributed by atoms with E-state index in [4.69, 9.17) is 22.6 Å². The molecule has 20 heavy (non-hydrogen) atoms. The van der Waals surface area contributed by atoms with Gasteiger partial charge in [-0.15, -0.1) is 0 Å². The summed E-state index contributed by atoms with van der Waals surface area (Å²) in [6, 6.07) is 11.4. The fourth-order valence-corrected chi connectivity index (χ4v) is 2.20. The highest BCUT2D eigenvalue weighted by atomic mass is 35.5. The van der Waals surface area contributed by atoms with Crippen LogP contribution in [0.1, 0.15) is 24.1 Å². The molecule has 2 rings (SSSR count). The molecule has 1 heterocycles. The van der Waals surface area contributed by atoms with E-state index in [-0.39, 0.29) is 6.04 Å². The second-order valence-electron chi connectivity index (χ2n) is 4.59. The van der Waals surface area contributed by atoms with Gasteiger partial charge in [-0.1, -0.05) is 23.7 Å². The van der Waals surface area contributed by atoms with E-state index < -0.39 is 0 Å². The van der Waals surface area contributed by atoms with Crippen molar-refractivity contribution in [3.8, 4) is 6.07 Å². The lowest BCUT2D eigenvalue weighted by Crippen LogP contribution is -2.23. The molecule has 0 aliphatic carbocycles. The van der Waals surface area contributed by atoms with Crippen LogP contribution in [0.2, 0.25) is 5.02 Å². The second-order valence-corrected chi connectivity index (χ2v) is 5.03. The summed E-state index contributed by atoms with van der Waals surface area (Å²) >= 11 is 6.02. The number of halogens is 1. The van der Waals surface area contributed by atoms with Crippen molar-refractivity contribution in [2.75, 3.05) is 17.7 Å². The summed E-state index contributed by atoms with van der Waals surface area (Å²) in [5, 5.41) is 9.53. The molecule has 102 valence electrons. The molecule has 1 unspecified atom stereocenters. The normalized spacial score (nSPS) is 11.7. The Balaban J connectivity index is 2.31. The Hall–Kier alpha value is -2.25. The first-order chi connectivity index (χ1) is 9.52. The van der Waals surface area contributed by atoms with Gasteiger partial charge >= 0.3 is 0 Å². The van der Waals surface area contributed by atoms with Crippen LogP contribution in [0.4, 0.5) is 11.5 Å². The van der Waals surface area contributed by atoms with Gasteiger partial charge in [0.1, 0.15) is 6.07 Å². The monoisotopic (exact) mass is 286 g/mol. The fraction of sp³-hybridized carbons (Fsp3) is 0.200. The number of rotatable bonds is 3. The van der Waals surface area contributed by atoms with E-state index in [9.17, 15) is 0 Å². The Kier molecular flexibility index (Phi) is 4.11. The summed E-state index contributed by atoms with van der Waals surface area (Å²) in [7, 11) is 1.91. The summed E-state index contributed by atoms with van der Waals surface area (Å²) in [5.41, 5.74) is 7.98. The number of pyridine rings is 1. The maximum Gasteiger partial charge on any atom is 0.152 e. The molecule has 2 N–H and O–H groups in total. The van der Waals surface area contributed by atoms with Crippen LogP contribution in [0.25, 0.3) is 0 Å². The molecule has 0 amide bonds. The van der Waals surface area contributed by atoms with Gasteiger partial charge in [-0.3, -0.25) is 0 Å². The first-order valence-electron chi connectivity index (χ1n) is 6.17. The number of benzene rings is 1. The Morgan fingerprint density at radius 2 is 2.15 bits per heavy atom. The van der Waals surface area contributed by atoms with Crippen LogP contribution in [-0.4, -0.2) is 12.0 Å². The molecule has 1 atom stereocenters. The van der Waals surface area contributed by atoms with Gasteiger partial charge in [0, 0.05) is 18.3 Å². The topological polar surface area (TPSA) is 65.9 Å². The van der Waals surface area contributed by atoms with E-state index in [2.05, 4.69) is 4.98 Å². The zero-order valence-corrected chi connectivity index (χ0v) is 12.1. The molecule has 4 nitrogen and oxygen atoms in total. The third-order valence-electron chi connectivity index (χ3n) is 3.27. The standard InChI is InChI=1S/C15H15ClN4/c1-10(12-4-3-5-13(16)7-12)20(2)15-14(18)6-11(8-17)9-19-15/h3-7,9-10H,18H2,1-2H3. The number of hydrogen-bond donors (Lipinski definition) is 1. The molecule has 0 radical (unpaired) electrons. The number of nitriles is 1. The molecule has 0 saturated carbocycles. The highest BCUT2D eigenvalue weighted by Gasteiger charge is 2.16. The van der Waals surface area contributed by atoms with E-state index in [0.29, 0.717) is 22.1 Å². The van der Waals surface area contributed by atoms with Crippen LogP contribution >= 0.6 is 11.6 Å². The highest BCUT2D eigenvalue weighted by molar-refractivity contribution is 6.30. The molecule has 0 bridgehead atoms. The molecule has 1 aromatic heterocycles. The Labute approximate surface area is 123 Å². The van der Waals surface area contributed by atoms with Gasteiger partial charge in [-0.2, -0.15) is 5.26 Å². The predicted octanol–water partition coefficient (Wildman–Crippen LogP) is 3.39. The van der Waals surface area contributed by atoms with Crippen LogP contribution < -0.4 is 10.6 Å². The van der Waals surface area contributed by atoms with Crippen LogP contribution in [0.5, 0.6) is 0 Å². The van der Waals surface area contributed by atoms with Crippen LogP contribution in [-0.2, 0) is 0 Å². The summed E-state index contributed by atoms with van der Waals surface area (Å²) in [6.45, 7) is 2.05. The van der Waals surface area contributed by atoms with Gasteiger partial charge < -0.3 is 10.6 Å². The van der Waals surface area contributed by atoms with Gasteiger partial charge in [0.25, 0.3) is 0 Å². The molecule has 0 fully saturated rings. The molecular weight excluding hydrogens is 272 g/mol. The average Bonchev–Trinajstić information content (AvgIpc) is 2.45. The second kappa shape index (κ2) is 5.81. The smallest absolute Gasteiger partial charge is 0.152 e. The van der Waals surface area contributed by atoms with Gasteiger partial charge in [-0.25, -0.2) is 4.98 Å². The Morgan fingerprint density at radius 1 is 1.40 bits per heavy atom. The molecule has 1 aromatic carbocycles. The van der Waals surface area contributed by atoms with Gasteiger partial charge in [0.05, 0.1) is 17.3 Å². The lowest BCUT2D eigenvalue weighted by atomic mass is 10.1. The Bertz CT molecular complexity index is 663. The zero-order chi connectivity index (χ0) is 14.7. The van der Waals surface area contributed by atoms with Crippen molar-refractivity contribution in [1.82, 2.24) is 4.98 Å². The van der Waals surface area contributed by atoms with Gasteiger partial charge in [-0.05, 0) is 30.7 Å². The third-order valence-corrected chi connectivity index (χ3v) is 3.51. The van der Waals surface area contributed by atoms with Crippen molar-refractivity contribution in [2.45, 2.75) is 13.0 Å². The van der Waals surface area contributed by atoms with Crippen LogP contribution in [0.3, 0.4) is 0 Å². The molecular formula is C15H15ClN4. The minimum absolute atomic E-state index is 0.0661. The molecule has 0 aliphatic rings. The molecule has 0 spiro atoms. The minimum atomic E-state index is 0.0661. The molecule has 0 saturated heterocycles. The van der Waals surface area contributed by atoms with Crippen molar-refractivity contribution in [3.05, 3.63) is 52.7 Å². The quantitative estimate of drug-likeness (QED) is 0.939. The number of nitrogens with two attached hydrogens (primary N) is 1. The summed E-state index contributed by atoms with van der Waals surface area (Å²) in [4.78, 5) is 6.22. The van der Waals surface area contributed by atoms with E-state index >= 15 is 0 Å². The van der Waals surface area contributed by atoms with E-state index in [1.54, 1.807) is 6.07 Å². The van der Waals surface area contributed by atoms with Crippen LogP contribution in [0.15, 0.2) is 36.5 Å². The minimum Gasteiger partial charge on any atom is -0.396 e. The van der Waals surface area contributed by atoms with Gasteiger partial charge in [0.2, 0.25) is 0 Å². The summed E-state index contributed by atoms with van der Waals surface area (Å²) < 4.78 is 0. The summed E-state index contributed by atoms with van der Waals surface area (Å²) in [6.07, 6.45) is 1.52. The number of aromatic nitrogens is 1. The molecule has 5 heteroatoms. The van der Waals surface area contributed by atoms with E-state index in [1.807, 2.05) is 49.2 Å². The predicted molar refractivity (Wildman–Crippen MR) is 81.6 cm³/mol. The highest BCUT2D eigenvalue weighted by Crippen LogP contribution is 2.29. The lowest BCUT2D eigenvalue weighted by molar-refractivity contribution is 0.730. The van der Waals surface area contributed by atoms with Crippen molar-refractivity contribution in [1.29, 1.82) is 5.26 Å². The van der Waals surface area contributed by atoms with Crippen LogP contribution in [0, 0.1) is 11.3 Å². The molecule has 2 aromatic rings. The average molecular weight is 287 g/mol. The van der Waals surface area contributed by atoms with Crippen molar-refractivity contribution in [3.63, 3.8) is 0 Å². The summed E-state index contributed by atoms with van der Waals surface area (Å²) in [5.74, 6) is 0.650. The first kappa shape index (κ1) is 14.2. The first-order valence-corrected chi connectivity index (χ1v) is 6.54. The maximum atomic E-state index is 8.84.